The van der Waals surface area contributed by atoms with Crippen molar-refractivity contribution in [1.29, 1.82) is 0 Å². The van der Waals surface area contributed by atoms with Gasteiger partial charge >= 0.3 is 0 Å². The van der Waals surface area contributed by atoms with Crippen LogP contribution in [0.4, 0.5) is 0 Å². The van der Waals surface area contributed by atoms with Crippen molar-refractivity contribution in [2.24, 2.45) is 0 Å². The molecule has 4 heteroatoms. The van der Waals surface area contributed by atoms with Crippen LogP contribution in [-0.2, 0) is 17.8 Å². The molecule has 0 saturated carbocycles. The van der Waals surface area contributed by atoms with Gasteiger partial charge in [-0.3, -0.25) is 4.90 Å². The summed E-state index contributed by atoms with van der Waals surface area (Å²) in [5.41, 5.74) is 0. The van der Waals surface area contributed by atoms with E-state index in [0.717, 1.165) is 19.7 Å². The predicted octanol–water partition coefficient (Wildman–Crippen LogP) is 3.07. The largest absolute Gasteiger partial charge is 0.385 e. The minimum absolute atomic E-state index is 0.714. The molecule has 4 nitrogen and oxygen atoms in total. The Bertz CT molecular complexity index is 378. The summed E-state index contributed by atoms with van der Waals surface area (Å²) in [6.45, 7) is 6.41. The first kappa shape index (κ1) is 15.5. The van der Waals surface area contributed by atoms with Crippen LogP contribution >= 0.6 is 0 Å². The fourth-order valence-corrected chi connectivity index (χ4v) is 3.18. The topological polar surface area (TPSA) is 30.3 Å². The molecule has 1 fully saturated rings. The lowest BCUT2D eigenvalue weighted by atomic mass is 9.98. The molecule has 1 aliphatic rings. The molecule has 1 aromatic rings. The minimum atomic E-state index is 0.714. The Kier molecular flexibility index (Phi) is 6.54. The predicted molar refractivity (Wildman–Crippen MR) is 81.7 cm³/mol. The Morgan fingerprint density at radius 3 is 3.10 bits per heavy atom. The molecule has 20 heavy (non-hydrogen) atoms. The van der Waals surface area contributed by atoms with E-state index in [4.69, 9.17) is 4.74 Å². The number of imidazole rings is 1. The zero-order chi connectivity index (χ0) is 14.2. The fourth-order valence-electron chi connectivity index (χ4n) is 3.18. The van der Waals surface area contributed by atoms with Gasteiger partial charge in [0.1, 0.15) is 5.82 Å². The standard InChI is InChI=1S/C16H29N3O/c1-3-10-18-12-9-17-16(18)14-19-11-5-4-7-15(19)8-6-13-20-2/h9,12,15H,3-8,10-11,13-14H2,1-2H3. The summed E-state index contributed by atoms with van der Waals surface area (Å²) in [7, 11) is 1.79. The van der Waals surface area contributed by atoms with Gasteiger partial charge in [-0.1, -0.05) is 13.3 Å². The molecule has 1 aliphatic heterocycles. The summed E-state index contributed by atoms with van der Waals surface area (Å²) in [6, 6.07) is 0.714. The lowest BCUT2D eigenvalue weighted by molar-refractivity contribution is 0.113. The summed E-state index contributed by atoms with van der Waals surface area (Å²) in [4.78, 5) is 7.19. The van der Waals surface area contributed by atoms with Gasteiger partial charge in [0.05, 0.1) is 6.54 Å². The van der Waals surface area contributed by atoms with Crippen LogP contribution in [0.15, 0.2) is 12.4 Å². The Balaban J connectivity index is 1.92. The van der Waals surface area contributed by atoms with Crippen LogP contribution in [0.3, 0.4) is 0 Å². The number of aromatic nitrogens is 2. The van der Waals surface area contributed by atoms with Crippen LogP contribution in [0.5, 0.6) is 0 Å². The molecule has 0 aromatic carbocycles. The van der Waals surface area contributed by atoms with Gasteiger partial charge in [-0.05, 0) is 38.6 Å². The highest BCUT2D eigenvalue weighted by atomic mass is 16.5. The van der Waals surface area contributed by atoms with Crippen LogP contribution in [0.1, 0.15) is 51.3 Å². The number of hydrogen-bond donors (Lipinski definition) is 0. The van der Waals surface area contributed by atoms with E-state index in [9.17, 15) is 0 Å². The van der Waals surface area contributed by atoms with Crippen LogP contribution in [0.2, 0.25) is 0 Å². The molecule has 114 valence electrons. The molecular weight excluding hydrogens is 250 g/mol. The van der Waals surface area contributed by atoms with Crippen LogP contribution in [0.25, 0.3) is 0 Å². The van der Waals surface area contributed by atoms with Crippen molar-refractivity contribution in [1.82, 2.24) is 14.5 Å². The molecule has 1 unspecified atom stereocenters. The first-order chi connectivity index (χ1) is 9.85. The van der Waals surface area contributed by atoms with Gasteiger partial charge in [0, 0.05) is 38.7 Å². The van der Waals surface area contributed by atoms with E-state index in [1.54, 1.807) is 7.11 Å². The summed E-state index contributed by atoms with van der Waals surface area (Å²) in [5, 5.41) is 0. The second-order valence-electron chi connectivity index (χ2n) is 5.79. The van der Waals surface area contributed by atoms with Gasteiger partial charge in [0.2, 0.25) is 0 Å². The van der Waals surface area contributed by atoms with Gasteiger partial charge in [0.25, 0.3) is 0 Å². The molecule has 0 N–H and O–H groups in total. The second-order valence-corrected chi connectivity index (χ2v) is 5.79. The summed E-state index contributed by atoms with van der Waals surface area (Å²) in [5.74, 6) is 1.23. The lowest BCUT2D eigenvalue weighted by Gasteiger charge is -2.35. The third-order valence-electron chi connectivity index (χ3n) is 4.25. The molecule has 2 rings (SSSR count). The Morgan fingerprint density at radius 2 is 2.30 bits per heavy atom. The highest BCUT2D eigenvalue weighted by molar-refractivity contribution is 4.94. The monoisotopic (exact) mass is 279 g/mol. The first-order valence-electron chi connectivity index (χ1n) is 8.08. The Hall–Kier alpha value is -0.870. The molecule has 2 heterocycles. The van der Waals surface area contributed by atoms with Crippen molar-refractivity contribution >= 4 is 0 Å². The highest BCUT2D eigenvalue weighted by Crippen LogP contribution is 2.22. The number of methoxy groups -OCH3 is 1. The number of piperidine rings is 1. The molecule has 0 radical (unpaired) electrons. The van der Waals surface area contributed by atoms with E-state index in [2.05, 4.69) is 27.6 Å². The number of hydrogen-bond acceptors (Lipinski definition) is 3. The smallest absolute Gasteiger partial charge is 0.122 e. The van der Waals surface area contributed by atoms with Gasteiger partial charge in [-0.25, -0.2) is 4.98 Å². The number of rotatable bonds is 8. The van der Waals surface area contributed by atoms with E-state index in [-0.39, 0.29) is 0 Å². The van der Waals surface area contributed by atoms with Crippen molar-refractivity contribution < 1.29 is 4.74 Å². The maximum atomic E-state index is 5.19. The van der Waals surface area contributed by atoms with Crippen LogP contribution < -0.4 is 0 Å². The zero-order valence-corrected chi connectivity index (χ0v) is 13.1. The molecule has 0 aliphatic carbocycles. The van der Waals surface area contributed by atoms with Crippen molar-refractivity contribution in [3.8, 4) is 0 Å². The average molecular weight is 279 g/mol. The number of ether oxygens (including phenoxy) is 1. The highest BCUT2D eigenvalue weighted by Gasteiger charge is 2.23. The third kappa shape index (κ3) is 4.32. The first-order valence-corrected chi connectivity index (χ1v) is 8.08. The van der Waals surface area contributed by atoms with Gasteiger partial charge < -0.3 is 9.30 Å². The van der Waals surface area contributed by atoms with E-state index < -0.39 is 0 Å². The molecule has 0 amide bonds. The van der Waals surface area contributed by atoms with E-state index in [1.807, 2.05) is 6.20 Å². The maximum Gasteiger partial charge on any atom is 0.122 e. The fraction of sp³-hybridized carbons (Fsp3) is 0.812. The summed E-state index contributed by atoms with van der Waals surface area (Å²) < 4.78 is 7.50. The molecule has 0 bridgehead atoms. The molecule has 0 spiro atoms. The third-order valence-corrected chi connectivity index (χ3v) is 4.25. The Morgan fingerprint density at radius 1 is 1.40 bits per heavy atom. The van der Waals surface area contributed by atoms with Crippen molar-refractivity contribution in [3.63, 3.8) is 0 Å². The summed E-state index contributed by atoms with van der Waals surface area (Å²) in [6.07, 6.45) is 11.7. The summed E-state index contributed by atoms with van der Waals surface area (Å²) >= 11 is 0. The molecular formula is C16H29N3O. The number of aryl methyl sites for hydroxylation is 1. The molecule has 1 atom stereocenters. The minimum Gasteiger partial charge on any atom is -0.385 e. The second kappa shape index (κ2) is 8.42. The van der Waals surface area contributed by atoms with E-state index in [1.165, 1.54) is 50.9 Å². The lowest BCUT2D eigenvalue weighted by Crippen LogP contribution is -2.39. The van der Waals surface area contributed by atoms with E-state index >= 15 is 0 Å². The van der Waals surface area contributed by atoms with Crippen molar-refractivity contribution in [2.45, 2.75) is 64.6 Å². The quantitative estimate of drug-likeness (QED) is 0.685. The van der Waals surface area contributed by atoms with Gasteiger partial charge in [-0.15, -0.1) is 0 Å². The van der Waals surface area contributed by atoms with Crippen LogP contribution in [-0.4, -0.2) is 40.8 Å². The van der Waals surface area contributed by atoms with Gasteiger partial charge in [0.15, 0.2) is 0 Å². The maximum absolute atomic E-state index is 5.19. The van der Waals surface area contributed by atoms with Crippen LogP contribution in [0, 0.1) is 0 Å². The van der Waals surface area contributed by atoms with E-state index in [0.29, 0.717) is 6.04 Å². The molecule has 1 saturated heterocycles. The number of likely N-dealkylation sites (tertiary alicyclic amines) is 1. The van der Waals surface area contributed by atoms with Gasteiger partial charge in [-0.2, -0.15) is 0 Å². The number of nitrogens with zero attached hydrogens (tertiary/aromatic N) is 3. The molecule has 1 aromatic heterocycles. The van der Waals surface area contributed by atoms with Crippen molar-refractivity contribution in [3.05, 3.63) is 18.2 Å². The normalized spacial score (nSPS) is 20.4. The SMILES string of the molecule is CCCn1ccnc1CN1CCCCC1CCCOC. The average Bonchev–Trinajstić information content (AvgIpc) is 2.89. The Labute approximate surface area is 123 Å². The van der Waals surface area contributed by atoms with Crippen molar-refractivity contribution in [2.75, 3.05) is 20.3 Å². The zero-order valence-electron chi connectivity index (χ0n) is 13.1.